The van der Waals surface area contributed by atoms with Crippen LogP contribution in [0.2, 0.25) is 0 Å². The highest BCUT2D eigenvalue weighted by molar-refractivity contribution is 5.48. The van der Waals surface area contributed by atoms with E-state index in [1.54, 1.807) is 0 Å². The Morgan fingerprint density at radius 3 is 2.09 bits per heavy atom. The fourth-order valence-electron chi connectivity index (χ4n) is 4.16. The van der Waals surface area contributed by atoms with Gasteiger partial charge in [0.05, 0.1) is 5.54 Å². The van der Waals surface area contributed by atoms with E-state index in [-0.39, 0.29) is 5.54 Å². The maximum Gasteiger partial charge on any atom is 0.0564 e. The predicted molar refractivity (Wildman–Crippen MR) is 103 cm³/mol. The molecule has 0 spiro atoms. The summed E-state index contributed by atoms with van der Waals surface area (Å²) in [5, 5.41) is 3.97. The van der Waals surface area contributed by atoms with Crippen molar-refractivity contribution in [3.05, 3.63) is 34.9 Å². The summed E-state index contributed by atoms with van der Waals surface area (Å²) in [6.45, 7) is 13.6. The lowest BCUT2D eigenvalue weighted by molar-refractivity contribution is 0.402. The molecule has 0 bridgehead atoms. The van der Waals surface area contributed by atoms with Gasteiger partial charge < -0.3 is 0 Å². The van der Waals surface area contributed by atoms with Gasteiger partial charge in [-0.1, -0.05) is 68.7 Å². The molecule has 0 aliphatic heterocycles. The molecule has 0 aromatic heterocycles. The minimum absolute atomic E-state index is 0.0127. The first kappa shape index (κ1) is 18.5. The molecule has 0 aromatic rings. The normalized spacial score (nSPS) is 31.6. The fraction of sp³-hybridized carbons (Fsp3) is 0.727. The van der Waals surface area contributed by atoms with Gasteiger partial charge in [-0.05, 0) is 58.1 Å². The highest BCUT2D eigenvalue weighted by Crippen LogP contribution is 2.35. The summed E-state index contributed by atoms with van der Waals surface area (Å²) in [5.41, 5.74) is 5.80. The Morgan fingerprint density at radius 2 is 1.52 bits per heavy atom. The molecule has 1 N–H and O–H groups in total. The summed E-state index contributed by atoms with van der Waals surface area (Å²) in [7, 11) is 0. The van der Waals surface area contributed by atoms with Crippen molar-refractivity contribution in [1.82, 2.24) is 5.32 Å². The van der Waals surface area contributed by atoms with Crippen molar-refractivity contribution in [3.8, 4) is 0 Å². The van der Waals surface area contributed by atoms with Crippen LogP contribution in [0.25, 0.3) is 0 Å². The lowest BCUT2D eigenvalue weighted by Gasteiger charge is -2.34. The van der Waals surface area contributed by atoms with Crippen molar-refractivity contribution in [1.29, 1.82) is 0 Å². The van der Waals surface area contributed by atoms with Gasteiger partial charge in [-0.25, -0.2) is 0 Å². The summed E-state index contributed by atoms with van der Waals surface area (Å²) in [4.78, 5) is 0. The summed E-state index contributed by atoms with van der Waals surface area (Å²) in [6, 6.07) is 0.462. The van der Waals surface area contributed by atoms with Crippen LogP contribution in [0.4, 0.5) is 0 Å². The molecule has 130 valence electrons. The molecule has 1 fully saturated rings. The molecule has 0 saturated heterocycles. The largest absolute Gasteiger partial charge is 0.298 e. The number of hydrogen-bond donors (Lipinski definition) is 1. The van der Waals surface area contributed by atoms with Crippen LogP contribution in [-0.4, -0.2) is 11.6 Å². The van der Waals surface area contributed by atoms with Crippen molar-refractivity contribution in [3.63, 3.8) is 0 Å². The zero-order valence-corrected chi connectivity index (χ0v) is 15.9. The third-order valence-corrected chi connectivity index (χ3v) is 6.15. The molecule has 1 nitrogen and oxygen atoms in total. The highest BCUT2D eigenvalue weighted by Gasteiger charge is 2.33. The lowest BCUT2D eigenvalue weighted by Crippen LogP contribution is -2.47. The Bertz CT molecular complexity index is 482. The Hall–Kier alpha value is -0.820. The van der Waals surface area contributed by atoms with Crippen LogP contribution in [0.1, 0.15) is 91.9 Å². The molecule has 0 amide bonds. The van der Waals surface area contributed by atoms with Gasteiger partial charge in [0, 0.05) is 6.04 Å². The smallest absolute Gasteiger partial charge is 0.0564 e. The maximum absolute atomic E-state index is 4.46. The minimum atomic E-state index is 0.0127. The molecule has 1 heteroatoms. The molecule has 2 aliphatic rings. The van der Waals surface area contributed by atoms with Gasteiger partial charge in [-0.15, -0.1) is 0 Å². The first-order valence-electron chi connectivity index (χ1n) is 9.77. The molecule has 2 unspecified atom stereocenters. The van der Waals surface area contributed by atoms with Gasteiger partial charge in [-0.3, -0.25) is 5.32 Å². The number of hydrogen-bond acceptors (Lipinski definition) is 1. The van der Waals surface area contributed by atoms with E-state index in [1.165, 1.54) is 86.5 Å². The second-order valence-corrected chi connectivity index (χ2v) is 8.00. The molecule has 2 aliphatic carbocycles. The Kier molecular flexibility index (Phi) is 6.71. The van der Waals surface area contributed by atoms with E-state index in [4.69, 9.17) is 0 Å². The minimum Gasteiger partial charge on any atom is -0.298 e. The molecule has 0 aromatic carbocycles. The van der Waals surface area contributed by atoms with Crippen molar-refractivity contribution in [2.75, 3.05) is 0 Å². The highest BCUT2D eigenvalue weighted by atomic mass is 15.0. The maximum atomic E-state index is 4.46. The van der Waals surface area contributed by atoms with E-state index in [2.05, 4.69) is 45.7 Å². The predicted octanol–water partition coefficient (Wildman–Crippen LogP) is 6.47. The quantitative estimate of drug-likeness (QED) is 0.576. The van der Waals surface area contributed by atoms with Gasteiger partial charge in [0.15, 0.2) is 0 Å². The van der Waals surface area contributed by atoms with Gasteiger partial charge >= 0.3 is 0 Å². The second-order valence-electron chi connectivity index (χ2n) is 8.00. The number of allylic oxidation sites excluding steroid dienone is 2. The summed E-state index contributed by atoms with van der Waals surface area (Å²) < 4.78 is 0. The average molecular weight is 316 g/mol. The van der Waals surface area contributed by atoms with Crippen LogP contribution in [0.3, 0.4) is 0 Å². The van der Waals surface area contributed by atoms with E-state index < -0.39 is 0 Å². The van der Waals surface area contributed by atoms with Crippen LogP contribution in [0.15, 0.2) is 34.9 Å². The molecule has 0 heterocycles. The lowest BCUT2D eigenvalue weighted by atomic mass is 9.89. The SMILES string of the molecule is C=C1CCCCCCCCCCC1NC1(C)C=C(C)C(C)=C1C. The van der Waals surface area contributed by atoms with Crippen LogP contribution >= 0.6 is 0 Å². The van der Waals surface area contributed by atoms with Crippen molar-refractivity contribution in [2.24, 2.45) is 0 Å². The average Bonchev–Trinajstić information content (AvgIpc) is 2.70. The number of nitrogens with one attached hydrogen (secondary N) is 1. The molecule has 0 radical (unpaired) electrons. The Morgan fingerprint density at radius 1 is 0.957 bits per heavy atom. The summed E-state index contributed by atoms with van der Waals surface area (Å²) in [6.07, 6.45) is 15.9. The van der Waals surface area contributed by atoms with E-state index in [0.717, 1.165) is 0 Å². The third-order valence-electron chi connectivity index (χ3n) is 6.15. The molecule has 2 atom stereocenters. The zero-order valence-electron chi connectivity index (χ0n) is 15.9. The number of rotatable bonds is 2. The molecule has 23 heavy (non-hydrogen) atoms. The monoisotopic (exact) mass is 315 g/mol. The van der Waals surface area contributed by atoms with E-state index in [1.807, 2.05) is 0 Å². The van der Waals surface area contributed by atoms with Crippen LogP contribution in [0, 0.1) is 0 Å². The molecular weight excluding hydrogens is 278 g/mol. The second kappa shape index (κ2) is 8.33. The van der Waals surface area contributed by atoms with E-state index >= 15 is 0 Å². The van der Waals surface area contributed by atoms with Gasteiger partial charge in [-0.2, -0.15) is 0 Å². The Labute approximate surface area is 144 Å². The van der Waals surface area contributed by atoms with Crippen molar-refractivity contribution in [2.45, 2.75) is 103 Å². The Balaban J connectivity index is 2.06. The first-order valence-corrected chi connectivity index (χ1v) is 9.77. The van der Waals surface area contributed by atoms with Crippen LogP contribution in [0.5, 0.6) is 0 Å². The van der Waals surface area contributed by atoms with Crippen LogP contribution in [-0.2, 0) is 0 Å². The van der Waals surface area contributed by atoms with E-state index in [9.17, 15) is 0 Å². The van der Waals surface area contributed by atoms with Crippen molar-refractivity contribution >= 4 is 0 Å². The van der Waals surface area contributed by atoms with Crippen LogP contribution < -0.4 is 5.32 Å². The third kappa shape index (κ3) is 4.83. The molecule has 2 rings (SSSR count). The van der Waals surface area contributed by atoms with E-state index in [0.29, 0.717) is 6.04 Å². The topological polar surface area (TPSA) is 12.0 Å². The fourth-order valence-corrected chi connectivity index (χ4v) is 4.16. The van der Waals surface area contributed by atoms with Gasteiger partial charge in [0.1, 0.15) is 0 Å². The molecule has 1 saturated carbocycles. The van der Waals surface area contributed by atoms with Crippen molar-refractivity contribution < 1.29 is 0 Å². The zero-order chi connectivity index (χ0) is 16.9. The molecular formula is C22H37N. The standard InChI is InChI=1S/C22H37N/c1-17-14-12-10-8-6-7-9-11-13-15-21(17)23-22(5)16-18(2)19(3)20(22)4/h16,21,23H,1,6-15H2,2-5H3. The van der Waals surface area contributed by atoms with Gasteiger partial charge in [0.2, 0.25) is 0 Å². The van der Waals surface area contributed by atoms with Gasteiger partial charge in [0.25, 0.3) is 0 Å². The summed E-state index contributed by atoms with van der Waals surface area (Å²) >= 11 is 0. The summed E-state index contributed by atoms with van der Waals surface area (Å²) in [5.74, 6) is 0. The first-order chi connectivity index (χ1) is 10.9.